The molecule has 0 aliphatic rings. The van der Waals surface area contributed by atoms with Crippen LogP contribution >= 0.6 is 11.8 Å². The van der Waals surface area contributed by atoms with E-state index in [1.54, 1.807) is 0 Å². The van der Waals surface area contributed by atoms with Gasteiger partial charge in [-0.2, -0.15) is 0 Å². The molecule has 0 radical (unpaired) electrons. The van der Waals surface area contributed by atoms with E-state index < -0.39 is 0 Å². The Morgan fingerprint density at radius 1 is 1.09 bits per heavy atom. The maximum absolute atomic E-state index is 11.3. The van der Waals surface area contributed by atoms with Crippen molar-refractivity contribution in [1.29, 1.82) is 0 Å². The van der Waals surface area contributed by atoms with Gasteiger partial charge in [0, 0.05) is 12.3 Å². The smallest absolute Gasteiger partial charge is 0.279 e. The van der Waals surface area contributed by atoms with Crippen molar-refractivity contribution in [2.75, 3.05) is 18.9 Å². The normalized spacial score (nSPS) is 10.2. The van der Waals surface area contributed by atoms with Gasteiger partial charge < -0.3 is 14.8 Å². The maximum Gasteiger partial charge on any atom is 0.279 e. The maximum atomic E-state index is 11.3. The van der Waals surface area contributed by atoms with Crippen LogP contribution in [0.1, 0.15) is 12.5 Å². The molecule has 0 saturated heterocycles. The first-order chi connectivity index (χ1) is 11.2. The molecule has 0 aliphatic heterocycles. The molecule has 0 atom stereocenters. The molecule has 0 spiro atoms. The molecule has 0 heterocycles. The lowest BCUT2D eigenvalue weighted by Gasteiger charge is -2.09. The lowest BCUT2D eigenvalue weighted by Crippen LogP contribution is -2.18. The van der Waals surface area contributed by atoms with E-state index in [2.05, 4.69) is 5.32 Å². The van der Waals surface area contributed by atoms with Gasteiger partial charge in [0.05, 0.1) is 6.61 Å². The Hall–Kier alpha value is -2.14. The summed E-state index contributed by atoms with van der Waals surface area (Å²) in [6.07, 6.45) is 0. The van der Waals surface area contributed by atoms with E-state index in [0.29, 0.717) is 18.9 Å². The van der Waals surface area contributed by atoms with Gasteiger partial charge in [0.25, 0.3) is 5.24 Å². The molecule has 2 rings (SSSR count). The van der Waals surface area contributed by atoms with E-state index in [1.807, 2.05) is 62.4 Å². The summed E-state index contributed by atoms with van der Waals surface area (Å²) in [4.78, 5) is 11.3. The Balaban J connectivity index is 1.77. The zero-order valence-corrected chi connectivity index (χ0v) is 14.2. The van der Waals surface area contributed by atoms with Gasteiger partial charge in [-0.3, -0.25) is 4.79 Å². The summed E-state index contributed by atoms with van der Waals surface area (Å²) in [6.45, 7) is 5.06. The third-order valence-corrected chi connectivity index (χ3v) is 3.73. The molecule has 1 N–H and O–H groups in total. The minimum Gasteiger partial charge on any atom is -0.493 e. The van der Waals surface area contributed by atoms with Crippen LogP contribution in [-0.4, -0.2) is 24.1 Å². The molecule has 0 fully saturated rings. The van der Waals surface area contributed by atoms with E-state index >= 15 is 0 Å². The number of aryl methyl sites for hydroxylation is 1. The van der Waals surface area contributed by atoms with E-state index in [1.165, 1.54) is 11.8 Å². The van der Waals surface area contributed by atoms with Gasteiger partial charge in [-0.25, -0.2) is 0 Å². The second kappa shape index (κ2) is 9.10. The van der Waals surface area contributed by atoms with Crippen LogP contribution in [0.4, 0.5) is 4.79 Å². The molecule has 23 heavy (non-hydrogen) atoms. The van der Waals surface area contributed by atoms with E-state index in [4.69, 9.17) is 9.47 Å². The second-order valence-corrected chi connectivity index (χ2v) is 5.97. The predicted molar refractivity (Wildman–Crippen MR) is 94.7 cm³/mol. The number of amides is 1. The molecule has 0 aliphatic carbocycles. The first kappa shape index (κ1) is 17.2. The zero-order chi connectivity index (χ0) is 16.5. The standard InChI is InChI=1S/C18H21NO3S/c1-3-19-18(20)23-12-11-21-15-7-9-16(10-8-15)22-17-6-4-5-14(2)13-17/h4-10,13H,3,11-12H2,1-2H3,(H,19,20). The van der Waals surface area contributed by atoms with Gasteiger partial charge in [-0.15, -0.1) is 0 Å². The highest BCUT2D eigenvalue weighted by atomic mass is 32.2. The van der Waals surface area contributed by atoms with Gasteiger partial charge in [0.1, 0.15) is 17.2 Å². The van der Waals surface area contributed by atoms with Crippen molar-refractivity contribution >= 4 is 17.0 Å². The van der Waals surface area contributed by atoms with Gasteiger partial charge >= 0.3 is 0 Å². The number of rotatable bonds is 7. The summed E-state index contributed by atoms with van der Waals surface area (Å²) in [5, 5.41) is 2.71. The Labute approximate surface area is 141 Å². The lowest BCUT2D eigenvalue weighted by molar-refractivity contribution is 0.261. The molecular formula is C18H21NO3S. The monoisotopic (exact) mass is 331 g/mol. The minimum atomic E-state index is -0.0157. The Kier molecular flexibility index (Phi) is 6.81. The number of carbonyl (C=O) groups excluding carboxylic acids is 1. The van der Waals surface area contributed by atoms with Crippen LogP contribution in [0, 0.1) is 6.92 Å². The molecular weight excluding hydrogens is 310 g/mol. The molecule has 5 heteroatoms. The summed E-state index contributed by atoms with van der Waals surface area (Å²) >= 11 is 1.23. The van der Waals surface area contributed by atoms with Crippen LogP contribution in [0.2, 0.25) is 0 Å². The van der Waals surface area contributed by atoms with Crippen molar-refractivity contribution in [3.05, 3.63) is 54.1 Å². The zero-order valence-electron chi connectivity index (χ0n) is 13.4. The molecule has 4 nitrogen and oxygen atoms in total. The van der Waals surface area contributed by atoms with Crippen LogP contribution in [0.25, 0.3) is 0 Å². The molecule has 0 aromatic heterocycles. The van der Waals surface area contributed by atoms with Crippen molar-refractivity contribution < 1.29 is 14.3 Å². The molecule has 0 saturated carbocycles. The fourth-order valence-corrected chi connectivity index (χ4v) is 2.51. The van der Waals surface area contributed by atoms with Crippen molar-refractivity contribution in [1.82, 2.24) is 5.32 Å². The molecule has 1 amide bonds. The number of nitrogens with one attached hydrogen (secondary N) is 1. The number of thioether (sulfide) groups is 1. The Morgan fingerprint density at radius 2 is 1.83 bits per heavy atom. The minimum absolute atomic E-state index is 0.0157. The molecule has 2 aromatic carbocycles. The summed E-state index contributed by atoms with van der Waals surface area (Å²) < 4.78 is 11.4. The Morgan fingerprint density at radius 3 is 2.52 bits per heavy atom. The van der Waals surface area contributed by atoms with Crippen molar-refractivity contribution in [3.8, 4) is 17.2 Å². The third-order valence-electron chi connectivity index (χ3n) is 2.96. The van der Waals surface area contributed by atoms with Crippen LogP contribution in [0.15, 0.2) is 48.5 Å². The van der Waals surface area contributed by atoms with Crippen molar-refractivity contribution in [2.24, 2.45) is 0 Å². The number of ether oxygens (including phenoxy) is 2. The Bertz CT molecular complexity index is 628. The fourth-order valence-electron chi connectivity index (χ4n) is 1.91. The van der Waals surface area contributed by atoms with E-state index in [9.17, 15) is 4.79 Å². The number of hydrogen-bond acceptors (Lipinski definition) is 4. The van der Waals surface area contributed by atoms with Crippen LogP contribution in [0.5, 0.6) is 17.2 Å². The van der Waals surface area contributed by atoms with E-state index in [0.717, 1.165) is 22.8 Å². The topological polar surface area (TPSA) is 47.6 Å². The van der Waals surface area contributed by atoms with Crippen molar-refractivity contribution in [3.63, 3.8) is 0 Å². The summed E-state index contributed by atoms with van der Waals surface area (Å²) in [5.74, 6) is 2.96. The van der Waals surface area contributed by atoms with Crippen LogP contribution < -0.4 is 14.8 Å². The van der Waals surface area contributed by atoms with E-state index in [-0.39, 0.29) is 5.24 Å². The largest absolute Gasteiger partial charge is 0.493 e. The number of carbonyl (C=O) groups is 1. The van der Waals surface area contributed by atoms with Gasteiger partial charge in [0.2, 0.25) is 0 Å². The quantitative estimate of drug-likeness (QED) is 0.752. The summed E-state index contributed by atoms with van der Waals surface area (Å²) in [6, 6.07) is 15.4. The third kappa shape index (κ3) is 6.24. The van der Waals surface area contributed by atoms with Crippen LogP contribution in [0.3, 0.4) is 0 Å². The highest BCUT2D eigenvalue weighted by Gasteiger charge is 2.01. The van der Waals surface area contributed by atoms with Crippen LogP contribution in [-0.2, 0) is 0 Å². The molecule has 2 aromatic rings. The summed E-state index contributed by atoms with van der Waals surface area (Å²) in [5.41, 5.74) is 1.16. The fraction of sp³-hybridized carbons (Fsp3) is 0.278. The molecule has 0 bridgehead atoms. The summed E-state index contributed by atoms with van der Waals surface area (Å²) in [7, 11) is 0. The first-order valence-electron chi connectivity index (χ1n) is 7.55. The SMILES string of the molecule is CCNC(=O)SCCOc1ccc(Oc2cccc(C)c2)cc1. The predicted octanol–water partition coefficient (Wildman–Crippen LogP) is 4.63. The number of benzene rings is 2. The average molecular weight is 331 g/mol. The highest BCUT2D eigenvalue weighted by molar-refractivity contribution is 8.13. The molecule has 0 unspecified atom stereocenters. The number of hydrogen-bond donors (Lipinski definition) is 1. The van der Waals surface area contributed by atoms with Crippen molar-refractivity contribution in [2.45, 2.75) is 13.8 Å². The van der Waals surface area contributed by atoms with Gasteiger partial charge in [-0.1, -0.05) is 23.9 Å². The van der Waals surface area contributed by atoms with Gasteiger partial charge in [-0.05, 0) is 55.8 Å². The lowest BCUT2D eigenvalue weighted by atomic mass is 10.2. The second-order valence-electron chi connectivity index (χ2n) is 4.90. The molecule has 122 valence electrons. The average Bonchev–Trinajstić information content (AvgIpc) is 2.53. The van der Waals surface area contributed by atoms with Gasteiger partial charge in [0.15, 0.2) is 0 Å². The highest BCUT2D eigenvalue weighted by Crippen LogP contribution is 2.24. The first-order valence-corrected chi connectivity index (χ1v) is 8.54.